The maximum atomic E-state index is 6.11. The summed E-state index contributed by atoms with van der Waals surface area (Å²) in [5, 5.41) is 3.56. The lowest BCUT2D eigenvalue weighted by molar-refractivity contribution is 0.301. The van der Waals surface area contributed by atoms with Gasteiger partial charge in [0.05, 0.1) is 0 Å². The van der Waals surface area contributed by atoms with Crippen molar-refractivity contribution >= 4 is 0 Å². The molecule has 1 aliphatic rings. The van der Waals surface area contributed by atoms with E-state index >= 15 is 0 Å². The third kappa shape index (κ3) is 1.97. The smallest absolute Gasteiger partial charge is 0.0475 e. The van der Waals surface area contributed by atoms with Gasteiger partial charge in [0, 0.05) is 18.1 Å². The van der Waals surface area contributed by atoms with Crippen LogP contribution >= 0.6 is 0 Å². The lowest BCUT2D eigenvalue weighted by Gasteiger charge is -2.34. The molecule has 0 unspecified atom stereocenters. The predicted octanol–water partition coefficient (Wildman–Crippen LogP) is 1.83. The van der Waals surface area contributed by atoms with Gasteiger partial charge in [0.1, 0.15) is 0 Å². The van der Waals surface area contributed by atoms with Crippen LogP contribution in [0, 0.1) is 0 Å². The molecule has 3 N–H and O–H groups in total. The Balaban J connectivity index is 2.16. The number of hydrogen-bond acceptors (Lipinski definition) is 2. The highest BCUT2D eigenvalue weighted by Crippen LogP contribution is 2.24. The average Bonchev–Trinajstić information content (AvgIpc) is 2.23. The van der Waals surface area contributed by atoms with E-state index in [0.29, 0.717) is 12.1 Å². The highest BCUT2D eigenvalue weighted by Gasteiger charge is 2.25. The number of hydrogen-bond donors (Lipinski definition) is 2. The van der Waals surface area contributed by atoms with E-state index in [1.54, 1.807) is 0 Å². The lowest BCUT2D eigenvalue weighted by atomic mass is 9.90. The van der Waals surface area contributed by atoms with Gasteiger partial charge in [-0.25, -0.2) is 0 Å². The van der Waals surface area contributed by atoms with Crippen LogP contribution in [0.25, 0.3) is 0 Å². The van der Waals surface area contributed by atoms with Crippen LogP contribution in [0.1, 0.15) is 31.4 Å². The van der Waals surface area contributed by atoms with Crippen LogP contribution in [0.15, 0.2) is 30.3 Å². The molecule has 0 saturated carbocycles. The largest absolute Gasteiger partial charge is 0.326 e. The average molecular weight is 190 g/mol. The lowest BCUT2D eigenvalue weighted by Crippen LogP contribution is -2.46. The minimum atomic E-state index is 0.258. The summed E-state index contributed by atoms with van der Waals surface area (Å²) < 4.78 is 0. The van der Waals surface area contributed by atoms with Gasteiger partial charge in [-0.1, -0.05) is 30.3 Å². The zero-order chi connectivity index (χ0) is 9.97. The summed E-state index contributed by atoms with van der Waals surface area (Å²) in [4.78, 5) is 0. The number of rotatable bonds is 1. The van der Waals surface area contributed by atoms with Crippen molar-refractivity contribution in [2.75, 3.05) is 0 Å². The highest BCUT2D eigenvalue weighted by atomic mass is 15.0. The molecule has 76 valence electrons. The minimum Gasteiger partial charge on any atom is -0.326 e. The first-order chi connectivity index (χ1) is 6.77. The zero-order valence-electron chi connectivity index (χ0n) is 8.61. The molecule has 0 bridgehead atoms. The maximum Gasteiger partial charge on any atom is 0.0475 e. The van der Waals surface area contributed by atoms with E-state index in [9.17, 15) is 0 Å². The molecule has 0 aliphatic carbocycles. The van der Waals surface area contributed by atoms with Crippen LogP contribution in [0.2, 0.25) is 0 Å². The van der Waals surface area contributed by atoms with Crippen molar-refractivity contribution in [2.45, 2.75) is 37.9 Å². The summed E-state index contributed by atoms with van der Waals surface area (Å²) in [6.07, 6.45) is 2.30. The first-order valence-electron chi connectivity index (χ1n) is 5.34. The van der Waals surface area contributed by atoms with Crippen LogP contribution in [0.4, 0.5) is 0 Å². The van der Waals surface area contributed by atoms with Crippen molar-refractivity contribution in [3.05, 3.63) is 35.9 Å². The second kappa shape index (κ2) is 4.11. The Morgan fingerprint density at radius 2 is 1.93 bits per heavy atom. The fourth-order valence-corrected chi connectivity index (χ4v) is 2.13. The predicted molar refractivity (Wildman–Crippen MR) is 59.0 cm³/mol. The molecule has 0 radical (unpaired) electrons. The molecule has 1 fully saturated rings. The number of piperidine rings is 1. The Bertz CT molecular complexity index is 284. The Hall–Kier alpha value is -0.860. The van der Waals surface area contributed by atoms with Gasteiger partial charge in [0.15, 0.2) is 0 Å². The quantitative estimate of drug-likeness (QED) is 0.709. The van der Waals surface area contributed by atoms with Gasteiger partial charge < -0.3 is 11.1 Å². The fraction of sp³-hybridized carbons (Fsp3) is 0.500. The molecule has 1 aromatic carbocycles. The first kappa shape index (κ1) is 9.69. The molecular formula is C12H18N2. The maximum absolute atomic E-state index is 6.11. The Morgan fingerprint density at radius 3 is 2.64 bits per heavy atom. The zero-order valence-corrected chi connectivity index (χ0v) is 8.61. The molecule has 0 aromatic heterocycles. The summed E-state index contributed by atoms with van der Waals surface area (Å²) >= 11 is 0. The van der Waals surface area contributed by atoms with Gasteiger partial charge in [0.2, 0.25) is 0 Å². The molecule has 1 aliphatic heterocycles. The van der Waals surface area contributed by atoms with Crippen LogP contribution in [-0.2, 0) is 0 Å². The molecule has 3 atom stereocenters. The summed E-state index contributed by atoms with van der Waals surface area (Å²) in [6, 6.07) is 11.7. The molecule has 1 saturated heterocycles. The van der Waals surface area contributed by atoms with Crippen molar-refractivity contribution in [1.29, 1.82) is 0 Å². The van der Waals surface area contributed by atoms with Crippen molar-refractivity contribution in [3.8, 4) is 0 Å². The summed E-state index contributed by atoms with van der Waals surface area (Å²) in [6.45, 7) is 2.22. The van der Waals surface area contributed by atoms with Crippen molar-refractivity contribution in [3.63, 3.8) is 0 Å². The molecule has 2 rings (SSSR count). The van der Waals surface area contributed by atoms with E-state index in [0.717, 1.165) is 6.42 Å². The van der Waals surface area contributed by atoms with Crippen molar-refractivity contribution in [1.82, 2.24) is 5.32 Å². The van der Waals surface area contributed by atoms with Gasteiger partial charge in [-0.05, 0) is 25.3 Å². The van der Waals surface area contributed by atoms with Gasteiger partial charge in [-0.3, -0.25) is 0 Å². The topological polar surface area (TPSA) is 38.0 Å². The molecule has 2 nitrogen and oxygen atoms in total. The van der Waals surface area contributed by atoms with E-state index in [2.05, 4.69) is 36.5 Å². The Labute approximate surface area is 85.5 Å². The van der Waals surface area contributed by atoms with Gasteiger partial charge >= 0.3 is 0 Å². The third-order valence-corrected chi connectivity index (χ3v) is 2.98. The second-order valence-corrected chi connectivity index (χ2v) is 4.20. The van der Waals surface area contributed by atoms with E-state index in [-0.39, 0.29) is 6.04 Å². The molecule has 0 spiro atoms. The number of benzene rings is 1. The molecule has 14 heavy (non-hydrogen) atoms. The summed E-state index contributed by atoms with van der Waals surface area (Å²) in [5.41, 5.74) is 7.42. The standard InChI is InChI=1S/C12H18N2/c1-9-7-8-11(13)12(14-9)10-5-3-2-4-6-10/h2-6,9,11-12,14H,7-8,13H2,1H3/t9-,11-,12+/m1/s1. The summed E-state index contributed by atoms with van der Waals surface area (Å²) in [7, 11) is 0. The second-order valence-electron chi connectivity index (χ2n) is 4.20. The minimum absolute atomic E-state index is 0.258. The van der Waals surface area contributed by atoms with E-state index in [4.69, 9.17) is 5.73 Å². The summed E-state index contributed by atoms with van der Waals surface area (Å²) in [5.74, 6) is 0. The highest BCUT2D eigenvalue weighted by molar-refractivity contribution is 5.21. The van der Waals surface area contributed by atoms with Crippen LogP contribution in [0.5, 0.6) is 0 Å². The van der Waals surface area contributed by atoms with E-state index < -0.39 is 0 Å². The third-order valence-electron chi connectivity index (χ3n) is 2.98. The van der Waals surface area contributed by atoms with E-state index in [1.807, 2.05) is 6.07 Å². The molecule has 1 heterocycles. The van der Waals surface area contributed by atoms with Gasteiger partial charge in [-0.2, -0.15) is 0 Å². The molecule has 2 heteroatoms. The molecule has 0 amide bonds. The van der Waals surface area contributed by atoms with Crippen molar-refractivity contribution in [2.24, 2.45) is 5.73 Å². The normalized spacial score (nSPS) is 32.9. The van der Waals surface area contributed by atoms with Gasteiger partial charge in [0.25, 0.3) is 0 Å². The SMILES string of the molecule is C[C@@H]1CC[C@@H](N)[C@H](c2ccccc2)N1. The van der Waals surface area contributed by atoms with Crippen LogP contribution in [0.3, 0.4) is 0 Å². The fourth-order valence-electron chi connectivity index (χ4n) is 2.13. The van der Waals surface area contributed by atoms with Crippen molar-refractivity contribution < 1.29 is 0 Å². The van der Waals surface area contributed by atoms with Crippen LogP contribution in [-0.4, -0.2) is 12.1 Å². The van der Waals surface area contributed by atoms with E-state index in [1.165, 1.54) is 12.0 Å². The molecular weight excluding hydrogens is 172 g/mol. The van der Waals surface area contributed by atoms with Crippen LogP contribution < -0.4 is 11.1 Å². The molecule has 1 aromatic rings. The Morgan fingerprint density at radius 1 is 1.21 bits per heavy atom. The van der Waals surface area contributed by atoms with Gasteiger partial charge in [-0.15, -0.1) is 0 Å². The number of nitrogens with one attached hydrogen (secondary N) is 1. The number of nitrogens with two attached hydrogens (primary N) is 1. The Kier molecular flexibility index (Phi) is 2.85. The monoisotopic (exact) mass is 190 g/mol. The first-order valence-corrected chi connectivity index (χ1v) is 5.34.